The van der Waals surface area contributed by atoms with Gasteiger partial charge in [0.05, 0.1) is 5.25 Å². The molecule has 27 heavy (non-hydrogen) atoms. The zero-order valence-corrected chi connectivity index (χ0v) is 16.7. The number of aromatic nitrogens is 2. The van der Waals surface area contributed by atoms with Gasteiger partial charge >= 0.3 is 0 Å². The van der Waals surface area contributed by atoms with Crippen LogP contribution in [0.25, 0.3) is 11.5 Å². The number of nitrogens with zero attached hydrogens (tertiary/aromatic N) is 2. The molecule has 0 aliphatic rings. The second-order valence-electron chi connectivity index (χ2n) is 6.77. The number of aryl methyl sites for hydroxylation is 1. The number of hydrogen-bond acceptors (Lipinski definition) is 5. The number of carbonyl (C=O) groups excluding carboxylic acids is 1. The lowest BCUT2D eigenvalue weighted by Crippen LogP contribution is -2.22. The first-order chi connectivity index (χ1) is 12.9. The summed E-state index contributed by atoms with van der Waals surface area (Å²) in [6.45, 7) is 8.12. The molecule has 2 aromatic carbocycles. The van der Waals surface area contributed by atoms with Gasteiger partial charge in [-0.15, -0.1) is 10.2 Å². The van der Waals surface area contributed by atoms with Crippen molar-refractivity contribution >= 4 is 23.4 Å². The molecule has 0 spiro atoms. The Morgan fingerprint density at radius 2 is 1.67 bits per heavy atom. The molecule has 0 saturated heterocycles. The molecule has 3 aromatic rings. The first kappa shape index (κ1) is 19.2. The number of anilines is 1. The van der Waals surface area contributed by atoms with Crippen LogP contribution in [0, 0.1) is 6.92 Å². The van der Waals surface area contributed by atoms with Crippen LogP contribution in [-0.2, 0) is 4.79 Å². The van der Waals surface area contributed by atoms with Crippen LogP contribution >= 0.6 is 11.8 Å². The molecule has 1 N–H and O–H groups in total. The van der Waals surface area contributed by atoms with Crippen molar-refractivity contribution in [2.75, 3.05) is 5.32 Å². The lowest BCUT2D eigenvalue weighted by atomic mass is 10.0. The van der Waals surface area contributed by atoms with Gasteiger partial charge in [-0.05, 0) is 49.6 Å². The Hall–Kier alpha value is -2.60. The highest BCUT2D eigenvalue weighted by Gasteiger charge is 2.19. The summed E-state index contributed by atoms with van der Waals surface area (Å²) in [5.74, 6) is 0.811. The SMILES string of the molecule is Cc1ccc(-c2nnc(S[C@@H](C)C(=O)Nc3ccc(C(C)C)cc3)o2)cc1. The third kappa shape index (κ3) is 4.98. The summed E-state index contributed by atoms with van der Waals surface area (Å²) in [5.41, 5.74) is 4.05. The van der Waals surface area contributed by atoms with Crippen molar-refractivity contribution in [2.24, 2.45) is 0 Å². The van der Waals surface area contributed by atoms with Crippen LogP contribution in [0.1, 0.15) is 37.8 Å². The fraction of sp³-hybridized carbons (Fsp3) is 0.286. The molecular weight excluding hydrogens is 358 g/mol. The van der Waals surface area contributed by atoms with Crippen molar-refractivity contribution in [1.29, 1.82) is 0 Å². The van der Waals surface area contributed by atoms with E-state index in [1.165, 1.54) is 22.9 Å². The number of rotatable bonds is 6. The number of hydrogen-bond donors (Lipinski definition) is 1. The molecule has 3 rings (SSSR count). The molecule has 1 amide bonds. The summed E-state index contributed by atoms with van der Waals surface area (Å²) in [6, 6.07) is 15.8. The Labute approximate surface area is 163 Å². The molecule has 1 heterocycles. The van der Waals surface area contributed by atoms with Crippen molar-refractivity contribution in [3.63, 3.8) is 0 Å². The van der Waals surface area contributed by atoms with Gasteiger partial charge in [0.25, 0.3) is 5.22 Å². The third-order valence-corrected chi connectivity index (χ3v) is 5.13. The predicted octanol–water partition coefficient (Wildman–Crippen LogP) is 5.29. The summed E-state index contributed by atoms with van der Waals surface area (Å²) in [7, 11) is 0. The molecule has 0 radical (unpaired) electrons. The summed E-state index contributed by atoms with van der Waals surface area (Å²) < 4.78 is 5.68. The van der Waals surface area contributed by atoms with Gasteiger partial charge in [0.2, 0.25) is 11.8 Å². The number of nitrogens with one attached hydrogen (secondary N) is 1. The van der Waals surface area contributed by atoms with Gasteiger partial charge in [0, 0.05) is 11.3 Å². The normalized spacial score (nSPS) is 12.2. The zero-order valence-electron chi connectivity index (χ0n) is 15.9. The van der Waals surface area contributed by atoms with E-state index >= 15 is 0 Å². The minimum atomic E-state index is -0.360. The first-order valence-electron chi connectivity index (χ1n) is 8.90. The molecule has 0 fully saturated rings. The smallest absolute Gasteiger partial charge is 0.277 e. The summed E-state index contributed by atoms with van der Waals surface area (Å²) >= 11 is 1.25. The van der Waals surface area contributed by atoms with Gasteiger partial charge in [0.15, 0.2) is 0 Å². The largest absolute Gasteiger partial charge is 0.411 e. The topological polar surface area (TPSA) is 68.0 Å². The maximum absolute atomic E-state index is 12.4. The van der Waals surface area contributed by atoms with E-state index in [0.29, 0.717) is 17.0 Å². The lowest BCUT2D eigenvalue weighted by molar-refractivity contribution is -0.115. The summed E-state index contributed by atoms with van der Waals surface area (Å²) in [4.78, 5) is 12.4. The highest BCUT2D eigenvalue weighted by atomic mass is 32.2. The van der Waals surface area contributed by atoms with Gasteiger partial charge < -0.3 is 9.73 Å². The Morgan fingerprint density at radius 3 is 2.30 bits per heavy atom. The number of thioether (sulfide) groups is 1. The number of amides is 1. The molecule has 0 bridgehead atoms. The number of carbonyl (C=O) groups is 1. The predicted molar refractivity (Wildman–Crippen MR) is 109 cm³/mol. The van der Waals surface area contributed by atoms with Crippen LogP contribution in [0.5, 0.6) is 0 Å². The summed E-state index contributed by atoms with van der Waals surface area (Å²) in [6.07, 6.45) is 0. The molecule has 140 valence electrons. The molecule has 6 heteroatoms. The van der Waals surface area contributed by atoms with Crippen molar-refractivity contribution in [2.45, 2.75) is 44.1 Å². The molecule has 0 saturated carbocycles. The lowest BCUT2D eigenvalue weighted by Gasteiger charge is -2.11. The molecule has 1 aromatic heterocycles. The van der Waals surface area contributed by atoms with E-state index in [4.69, 9.17) is 4.42 Å². The average Bonchev–Trinajstić information content (AvgIpc) is 3.11. The van der Waals surface area contributed by atoms with Gasteiger partial charge in [-0.3, -0.25) is 4.79 Å². The Bertz CT molecular complexity index is 902. The van der Waals surface area contributed by atoms with Crippen molar-refractivity contribution in [3.05, 3.63) is 59.7 Å². The molecule has 0 aliphatic heterocycles. The van der Waals surface area contributed by atoms with Crippen LogP contribution < -0.4 is 5.32 Å². The van der Waals surface area contributed by atoms with Crippen molar-refractivity contribution in [1.82, 2.24) is 10.2 Å². The van der Waals surface area contributed by atoms with Gasteiger partial charge in [-0.1, -0.05) is 55.4 Å². The van der Waals surface area contributed by atoms with Crippen LogP contribution in [0.4, 0.5) is 5.69 Å². The van der Waals surface area contributed by atoms with Crippen molar-refractivity contribution < 1.29 is 9.21 Å². The van der Waals surface area contributed by atoms with Gasteiger partial charge in [0.1, 0.15) is 0 Å². The maximum Gasteiger partial charge on any atom is 0.277 e. The molecular formula is C21H23N3O2S. The van der Waals surface area contributed by atoms with Crippen LogP contribution in [0.2, 0.25) is 0 Å². The first-order valence-corrected chi connectivity index (χ1v) is 9.78. The molecule has 5 nitrogen and oxygen atoms in total. The van der Waals surface area contributed by atoms with Gasteiger partial charge in [-0.25, -0.2) is 0 Å². The summed E-state index contributed by atoms with van der Waals surface area (Å²) in [5, 5.41) is 11.1. The minimum absolute atomic E-state index is 0.104. The maximum atomic E-state index is 12.4. The fourth-order valence-electron chi connectivity index (χ4n) is 2.47. The fourth-order valence-corrected chi connectivity index (χ4v) is 3.15. The van der Waals surface area contributed by atoms with E-state index in [1.807, 2.05) is 62.4 Å². The third-order valence-electron chi connectivity index (χ3n) is 4.20. The Kier molecular flexibility index (Phi) is 5.96. The van der Waals surface area contributed by atoms with E-state index in [1.54, 1.807) is 0 Å². The second kappa shape index (κ2) is 8.39. The van der Waals surface area contributed by atoms with E-state index in [9.17, 15) is 4.79 Å². The van der Waals surface area contributed by atoms with E-state index in [2.05, 4.69) is 29.4 Å². The molecule has 0 unspecified atom stereocenters. The van der Waals surface area contributed by atoms with Crippen LogP contribution in [0.15, 0.2) is 58.2 Å². The van der Waals surface area contributed by atoms with Crippen LogP contribution in [-0.4, -0.2) is 21.4 Å². The Morgan fingerprint density at radius 1 is 1.00 bits per heavy atom. The highest BCUT2D eigenvalue weighted by Crippen LogP contribution is 2.27. The zero-order chi connectivity index (χ0) is 19.4. The Balaban J connectivity index is 1.60. The van der Waals surface area contributed by atoms with Crippen LogP contribution in [0.3, 0.4) is 0 Å². The van der Waals surface area contributed by atoms with Crippen molar-refractivity contribution in [3.8, 4) is 11.5 Å². The quantitative estimate of drug-likeness (QED) is 0.588. The van der Waals surface area contributed by atoms with E-state index in [0.717, 1.165) is 11.3 Å². The van der Waals surface area contributed by atoms with Gasteiger partial charge in [-0.2, -0.15) is 0 Å². The molecule has 1 atom stereocenters. The number of benzene rings is 2. The average molecular weight is 382 g/mol. The standard InChI is InChI=1S/C21H23N3O2S/c1-13(2)16-9-11-18(12-10-16)22-19(25)15(4)27-21-24-23-20(26-21)17-7-5-14(3)6-8-17/h5-13,15H,1-4H3,(H,22,25)/t15-/m0/s1. The monoisotopic (exact) mass is 381 g/mol. The minimum Gasteiger partial charge on any atom is -0.411 e. The van der Waals surface area contributed by atoms with E-state index in [-0.39, 0.29) is 11.2 Å². The molecule has 0 aliphatic carbocycles. The van der Waals surface area contributed by atoms with E-state index < -0.39 is 0 Å². The highest BCUT2D eigenvalue weighted by molar-refractivity contribution is 8.00. The second-order valence-corrected chi connectivity index (χ2v) is 8.06.